The highest BCUT2D eigenvalue weighted by atomic mass is 16.5. The number of hydrogen-bond acceptors (Lipinski definition) is 6. The fourth-order valence-corrected chi connectivity index (χ4v) is 4.35. The number of benzene rings is 2. The number of piperidine rings is 1. The summed E-state index contributed by atoms with van der Waals surface area (Å²) >= 11 is 0. The van der Waals surface area contributed by atoms with Gasteiger partial charge in [-0.1, -0.05) is 30.7 Å². The smallest absolute Gasteiger partial charge is 0.219 e. The molecule has 1 saturated heterocycles. The van der Waals surface area contributed by atoms with Crippen molar-refractivity contribution in [1.29, 1.82) is 0 Å². The number of nitrogens with zero attached hydrogens (tertiary/aromatic N) is 3. The minimum absolute atomic E-state index is 0.123. The molecule has 8 nitrogen and oxygen atoms in total. The Morgan fingerprint density at radius 3 is 2.46 bits per heavy atom. The molecule has 1 N–H and O–H groups in total. The Labute approximate surface area is 219 Å². The number of likely N-dealkylation sites (tertiary alicyclic amines) is 1. The second-order valence-electron chi connectivity index (χ2n) is 9.47. The van der Waals surface area contributed by atoms with Gasteiger partial charge in [0.05, 0.1) is 11.7 Å². The zero-order chi connectivity index (χ0) is 26.6. The number of amidine groups is 1. The summed E-state index contributed by atoms with van der Waals surface area (Å²) in [5.41, 5.74) is 3.26. The van der Waals surface area contributed by atoms with Crippen LogP contribution in [0.4, 0.5) is 5.69 Å². The fourth-order valence-electron chi connectivity index (χ4n) is 4.35. The van der Waals surface area contributed by atoms with Gasteiger partial charge in [-0.05, 0) is 68.6 Å². The Kier molecular flexibility index (Phi) is 10.8. The van der Waals surface area contributed by atoms with E-state index in [1.807, 2.05) is 0 Å². The lowest BCUT2D eigenvalue weighted by molar-refractivity contribution is -0.121. The third-order valence-corrected chi connectivity index (χ3v) is 6.80. The molecule has 1 fully saturated rings. The van der Waals surface area contributed by atoms with E-state index >= 15 is 0 Å². The number of carbonyl (C=O) groups is 3. The Morgan fingerprint density at radius 1 is 1.11 bits per heavy atom. The van der Waals surface area contributed by atoms with Gasteiger partial charge in [0.2, 0.25) is 5.91 Å². The average molecular weight is 507 g/mol. The lowest BCUT2D eigenvalue weighted by atomic mass is 10.1. The number of carbonyl (C=O) groups excluding carboxylic acids is 3. The maximum absolute atomic E-state index is 11.8. The summed E-state index contributed by atoms with van der Waals surface area (Å²) in [6.07, 6.45) is 6.07. The molecule has 8 heteroatoms. The van der Waals surface area contributed by atoms with E-state index < -0.39 is 6.04 Å². The van der Waals surface area contributed by atoms with E-state index in [0.29, 0.717) is 35.9 Å². The van der Waals surface area contributed by atoms with Crippen molar-refractivity contribution in [2.75, 3.05) is 27.2 Å². The summed E-state index contributed by atoms with van der Waals surface area (Å²) in [4.78, 5) is 43.6. The zero-order valence-electron chi connectivity index (χ0n) is 22.1. The van der Waals surface area contributed by atoms with Crippen LogP contribution in [-0.4, -0.2) is 67.3 Å². The quantitative estimate of drug-likeness (QED) is 0.264. The molecule has 1 unspecified atom stereocenters. The molecule has 198 valence electrons. The molecule has 1 aliphatic heterocycles. The molecule has 0 aromatic heterocycles. The number of nitrogens with one attached hydrogen (secondary N) is 1. The van der Waals surface area contributed by atoms with Crippen molar-refractivity contribution in [2.24, 2.45) is 4.99 Å². The standard InChI is InChI=1S/C29H38N4O4/c1-22(32(3)26(20-35)11-14-29(36)30-2)31-28-13-12-27(17-25(28)19-34)37-21-24-9-7-23(8-10-24)18-33-15-5-4-6-16-33/h7-10,12-13,17,19-20,26H,4-6,11,14-16,18,21H2,1-3H3,(H,30,36)/b31-22-. The molecular weight excluding hydrogens is 468 g/mol. The predicted octanol–water partition coefficient (Wildman–Crippen LogP) is 4.14. The number of rotatable bonds is 12. The maximum Gasteiger partial charge on any atom is 0.219 e. The van der Waals surface area contributed by atoms with Crippen molar-refractivity contribution in [3.8, 4) is 5.75 Å². The predicted molar refractivity (Wildman–Crippen MR) is 145 cm³/mol. The van der Waals surface area contributed by atoms with E-state index in [1.54, 1.807) is 44.1 Å². The SMILES string of the molecule is CNC(=O)CCC(C=O)N(C)/C(C)=N\c1ccc(OCc2ccc(CN3CCCCC3)cc2)cc1C=O. The molecular formula is C29H38N4O4. The van der Waals surface area contributed by atoms with Gasteiger partial charge < -0.3 is 19.7 Å². The van der Waals surface area contributed by atoms with E-state index in [1.165, 1.54) is 37.9 Å². The largest absolute Gasteiger partial charge is 0.489 e. The fraction of sp³-hybridized carbons (Fsp3) is 0.448. The molecule has 2 aromatic rings. The van der Waals surface area contributed by atoms with E-state index in [2.05, 4.69) is 39.5 Å². The summed E-state index contributed by atoms with van der Waals surface area (Å²) < 4.78 is 5.94. The van der Waals surface area contributed by atoms with Crippen LogP contribution < -0.4 is 10.1 Å². The first-order valence-electron chi connectivity index (χ1n) is 12.9. The second-order valence-corrected chi connectivity index (χ2v) is 9.47. The van der Waals surface area contributed by atoms with Crippen molar-refractivity contribution in [1.82, 2.24) is 15.1 Å². The van der Waals surface area contributed by atoms with Gasteiger partial charge in [-0.2, -0.15) is 0 Å². The van der Waals surface area contributed by atoms with Crippen LogP contribution >= 0.6 is 0 Å². The van der Waals surface area contributed by atoms with Gasteiger partial charge in [-0.3, -0.25) is 14.5 Å². The first-order valence-corrected chi connectivity index (χ1v) is 12.9. The van der Waals surface area contributed by atoms with Crippen LogP contribution in [0.2, 0.25) is 0 Å². The first kappa shape index (κ1) is 28.1. The lowest BCUT2D eigenvalue weighted by Gasteiger charge is -2.26. The Balaban J connectivity index is 1.59. The Bertz CT molecular complexity index is 1080. The van der Waals surface area contributed by atoms with Crippen LogP contribution in [0, 0.1) is 0 Å². The number of hydrogen-bond donors (Lipinski definition) is 1. The van der Waals surface area contributed by atoms with Gasteiger partial charge >= 0.3 is 0 Å². The van der Waals surface area contributed by atoms with Crippen LogP contribution in [0.3, 0.4) is 0 Å². The normalized spacial score (nSPS) is 15.1. The van der Waals surface area contributed by atoms with E-state index in [9.17, 15) is 14.4 Å². The van der Waals surface area contributed by atoms with Crippen molar-refractivity contribution in [3.63, 3.8) is 0 Å². The molecule has 1 atom stereocenters. The Morgan fingerprint density at radius 2 is 1.81 bits per heavy atom. The first-order chi connectivity index (χ1) is 17.9. The number of amides is 1. The van der Waals surface area contributed by atoms with Crippen LogP contribution in [0.1, 0.15) is 60.5 Å². The van der Waals surface area contributed by atoms with Crippen molar-refractivity contribution in [2.45, 2.75) is 58.2 Å². The minimum Gasteiger partial charge on any atom is -0.489 e. The molecule has 2 aromatic carbocycles. The van der Waals surface area contributed by atoms with Gasteiger partial charge in [0.25, 0.3) is 0 Å². The van der Waals surface area contributed by atoms with E-state index in [4.69, 9.17) is 4.74 Å². The van der Waals surface area contributed by atoms with Gasteiger partial charge in [0.1, 0.15) is 24.5 Å². The van der Waals surface area contributed by atoms with Gasteiger partial charge in [-0.25, -0.2) is 4.99 Å². The molecule has 1 aliphatic rings. The average Bonchev–Trinajstić information content (AvgIpc) is 2.93. The number of aldehydes is 2. The minimum atomic E-state index is -0.491. The van der Waals surface area contributed by atoms with Gasteiger partial charge in [0.15, 0.2) is 6.29 Å². The van der Waals surface area contributed by atoms with Crippen molar-refractivity contribution < 1.29 is 19.1 Å². The van der Waals surface area contributed by atoms with E-state index in [-0.39, 0.29) is 12.3 Å². The zero-order valence-corrected chi connectivity index (χ0v) is 22.1. The van der Waals surface area contributed by atoms with E-state index in [0.717, 1.165) is 24.7 Å². The lowest BCUT2D eigenvalue weighted by Crippen LogP contribution is -2.37. The van der Waals surface area contributed by atoms with Crippen LogP contribution in [0.25, 0.3) is 0 Å². The topological polar surface area (TPSA) is 91.3 Å². The van der Waals surface area contributed by atoms with Crippen LogP contribution in [0.15, 0.2) is 47.5 Å². The van der Waals surface area contributed by atoms with Crippen molar-refractivity contribution >= 4 is 30.0 Å². The highest BCUT2D eigenvalue weighted by molar-refractivity contribution is 5.90. The molecule has 0 aliphatic carbocycles. The molecule has 3 rings (SSSR count). The molecule has 0 bridgehead atoms. The maximum atomic E-state index is 11.8. The van der Waals surface area contributed by atoms with Gasteiger partial charge in [0, 0.05) is 32.6 Å². The molecule has 1 amide bonds. The van der Waals surface area contributed by atoms with Crippen LogP contribution in [0.5, 0.6) is 5.75 Å². The monoisotopic (exact) mass is 506 g/mol. The second kappa shape index (κ2) is 14.3. The van der Waals surface area contributed by atoms with Gasteiger partial charge in [-0.15, -0.1) is 0 Å². The Hall–Kier alpha value is -3.52. The van der Waals surface area contributed by atoms with Crippen LogP contribution in [-0.2, 0) is 22.7 Å². The molecule has 1 heterocycles. The highest BCUT2D eigenvalue weighted by Gasteiger charge is 2.17. The number of ether oxygens (including phenoxy) is 1. The summed E-state index contributed by atoms with van der Waals surface area (Å²) in [6, 6.07) is 13.2. The number of likely N-dealkylation sites (N-methyl/N-ethyl adjacent to an activating group) is 1. The molecule has 0 spiro atoms. The highest BCUT2D eigenvalue weighted by Crippen LogP contribution is 2.25. The molecule has 0 radical (unpaired) electrons. The summed E-state index contributed by atoms with van der Waals surface area (Å²) in [5, 5.41) is 2.55. The summed E-state index contributed by atoms with van der Waals surface area (Å²) in [6.45, 7) is 5.51. The summed E-state index contributed by atoms with van der Waals surface area (Å²) in [7, 11) is 3.31. The molecule has 37 heavy (non-hydrogen) atoms. The number of aliphatic imine (C=N–C) groups is 1. The third-order valence-electron chi connectivity index (χ3n) is 6.80. The van der Waals surface area contributed by atoms with Crippen molar-refractivity contribution in [3.05, 3.63) is 59.2 Å². The summed E-state index contributed by atoms with van der Waals surface area (Å²) in [5.74, 6) is 1.03. The molecule has 0 saturated carbocycles. The third kappa shape index (κ3) is 8.53.